The fourth-order valence-electron chi connectivity index (χ4n) is 1.02. The van der Waals surface area contributed by atoms with Gasteiger partial charge in [-0.25, -0.2) is 4.98 Å². The summed E-state index contributed by atoms with van der Waals surface area (Å²) in [5.74, 6) is 0. The number of halogens is 3. The Morgan fingerprint density at radius 3 is 2.67 bits per heavy atom. The van der Waals surface area contributed by atoms with Crippen molar-refractivity contribution < 1.29 is 0 Å². The van der Waals surface area contributed by atoms with Crippen LogP contribution in [0.2, 0.25) is 15.2 Å². The molecule has 1 N–H and O–H groups in total. The lowest BCUT2D eigenvalue weighted by Crippen LogP contribution is -1.89. The second kappa shape index (κ2) is 4.58. The average Bonchev–Trinajstić information content (AvgIpc) is 2.58. The first-order chi connectivity index (χ1) is 7.15. The monoisotopic (exact) mass is 278 g/mol. The summed E-state index contributed by atoms with van der Waals surface area (Å²) in [4.78, 5) is 4.05. The maximum atomic E-state index is 5.98. The Hall–Kier alpha value is -0.480. The highest BCUT2D eigenvalue weighted by Crippen LogP contribution is 2.30. The minimum Gasteiger partial charge on any atom is -0.330 e. The maximum absolute atomic E-state index is 5.98. The molecule has 1 aromatic carbocycles. The van der Waals surface area contributed by atoms with Crippen LogP contribution in [-0.2, 0) is 0 Å². The summed E-state index contributed by atoms with van der Waals surface area (Å²) < 4.78 is 0. The molecule has 2 rings (SSSR count). The van der Waals surface area contributed by atoms with E-state index in [1.807, 2.05) is 0 Å². The third-order valence-electron chi connectivity index (χ3n) is 1.65. The normalized spacial score (nSPS) is 10.3. The fraction of sp³-hybridized carbons (Fsp3) is 0. The van der Waals surface area contributed by atoms with E-state index < -0.39 is 0 Å². The number of anilines is 2. The van der Waals surface area contributed by atoms with Crippen molar-refractivity contribution in [2.75, 3.05) is 5.32 Å². The van der Waals surface area contributed by atoms with Gasteiger partial charge < -0.3 is 5.32 Å². The summed E-state index contributed by atoms with van der Waals surface area (Å²) in [7, 11) is 0. The van der Waals surface area contributed by atoms with Gasteiger partial charge in [0.05, 0.1) is 10.7 Å². The van der Waals surface area contributed by atoms with Crippen molar-refractivity contribution in [3.8, 4) is 0 Å². The highest BCUT2D eigenvalue weighted by molar-refractivity contribution is 7.14. The Morgan fingerprint density at radius 2 is 2.00 bits per heavy atom. The summed E-state index contributed by atoms with van der Waals surface area (Å²) in [5.41, 5.74) is 0.718. The molecule has 6 heteroatoms. The van der Waals surface area contributed by atoms with Gasteiger partial charge in [0.1, 0.15) is 5.15 Å². The van der Waals surface area contributed by atoms with Gasteiger partial charge in [0.15, 0.2) is 5.13 Å². The Kier molecular flexibility index (Phi) is 3.36. The van der Waals surface area contributed by atoms with Crippen LogP contribution < -0.4 is 5.32 Å². The third-order valence-corrected chi connectivity index (χ3v) is 3.29. The molecule has 0 spiro atoms. The summed E-state index contributed by atoms with van der Waals surface area (Å²) in [6.07, 6.45) is 0. The summed E-state index contributed by atoms with van der Waals surface area (Å²) >= 11 is 18.9. The Labute approximate surface area is 106 Å². The Morgan fingerprint density at radius 1 is 1.20 bits per heavy atom. The zero-order valence-corrected chi connectivity index (χ0v) is 10.4. The van der Waals surface area contributed by atoms with Gasteiger partial charge in [-0.2, -0.15) is 0 Å². The van der Waals surface area contributed by atoms with Gasteiger partial charge in [-0.15, -0.1) is 11.3 Å². The molecular formula is C9H5Cl3N2S. The lowest BCUT2D eigenvalue weighted by atomic mass is 10.3. The smallest absolute Gasteiger partial charge is 0.188 e. The van der Waals surface area contributed by atoms with E-state index in [2.05, 4.69) is 10.3 Å². The summed E-state index contributed by atoms with van der Waals surface area (Å²) in [6, 6.07) is 5.19. The number of hydrogen-bond donors (Lipinski definition) is 1. The molecule has 0 radical (unpaired) electrons. The molecule has 15 heavy (non-hydrogen) atoms. The van der Waals surface area contributed by atoms with Gasteiger partial charge >= 0.3 is 0 Å². The number of nitrogens with zero attached hydrogens (tertiary/aromatic N) is 1. The molecular weight excluding hydrogens is 275 g/mol. The molecule has 0 unspecified atom stereocenters. The Balaban J connectivity index is 2.27. The molecule has 2 nitrogen and oxygen atoms in total. The minimum absolute atomic E-state index is 0.459. The van der Waals surface area contributed by atoms with E-state index in [0.717, 1.165) is 5.69 Å². The molecule has 0 amide bonds. The van der Waals surface area contributed by atoms with E-state index in [-0.39, 0.29) is 0 Å². The molecule has 0 aliphatic carbocycles. The topological polar surface area (TPSA) is 24.9 Å². The van der Waals surface area contributed by atoms with Crippen molar-refractivity contribution in [1.29, 1.82) is 0 Å². The van der Waals surface area contributed by atoms with Crippen molar-refractivity contribution in [3.05, 3.63) is 38.8 Å². The predicted molar refractivity (Wildman–Crippen MR) is 66.9 cm³/mol. The Bertz CT molecular complexity index is 484. The average molecular weight is 280 g/mol. The number of rotatable bonds is 2. The number of thiazole rings is 1. The van der Waals surface area contributed by atoms with E-state index in [1.54, 1.807) is 23.6 Å². The van der Waals surface area contributed by atoms with Crippen LogP contribution in [0.4, 0.5) is 10.8 Å². The van der Waals surface area contributed by atoms with Crippen LogP contribution in [0.1, 0.15) is 0 Å². The van der Waals surface area contributed by atoms with Crippen molar-refractivity contribution in [3.63, 3.8) is 0 Å². The van der Waals surface area contributed by atoms with Crippen molar-refractivity contribution in [2.24, 2.45) is 0 Å². The van der Waals surface area contributed by atoms with Crippen molar-refractivity contribution >= 4 is 57.0 Å². The molecule has 0 fully saturated rings. The molecule has 1 aromatic heterocycles. The van der Waals surface area contributed by atoms with Crippen molar-refractivity contribution in [2.45, 2.75) is 0 Å². The summed E-state index contributed by atoms with van der Waals surface area (Å²) in [6.45, 7) is 0. The van der Waals surface area contributed by atoms with Crippen LogP contribution in [-0.4, -0.2) is 4.98 Å². The highest BCUT2D eigenvalue weighted by Gasteiger charge is 2.04. The number of hydrogen-bond acceptors (Lipinski definition) is 3. The van der Waals surface area contributed by atoms with Crippen LogP contribution in [0.15, 0.2) is 23.6 Å². The molecule has 2 aromatic rings. The van der Waals surface area contributed by atoms with E-state index in [1.165, 1.54) is 11.3 Å². The summed E-state index contributed by atoms with van der Waals surface area (Å²) in [5, 5.41) is 7.13. The van der Waals surface area contributed by atoms with Crippen LogP contribution in [0.5, 0.6) is 0 Å². The van der Waals surface area contributed by atoms with Crippen LogP contribution in [0, 0.1) is 0 Å². The number of nitrogens with one attached hydrogen (secondary N) is 1. The molecule has 0 aliphatic heterocycles. The predicted octanol–water partition coefficient (Wildman–Crippen LogP) is 4.85. The molecule has 0 bridgehead atoms. The van der Waals surface area contributed by atoms with Crippen LogP contribution in [0.3, 0.4) is 0 Å². The van der Waals surface area contributed by atoms with Gasteiger partial charge in [0.2, 0.25) is 0 Å². The lowest BCUT2D eigenvalue weighted by molar-refractivity contribution is 1.39. The quantitative estimate of drug-likeness (QED) is 0.850. The SMILES string of the molecule is Clc1ccc(Cl)c(Nc2nc(Cl)cs2)c1. The standard InChI is InChI=1S/C9H5Cl3N2S/c10-5-1-2-6(11)7(3-5)13-9-14-8(12)4-15-9/h1-4H,(H,13,14). The van der Waals surface area contributed by atoms with Crippen molar-refractivity contribution in [1.82, 2.24) is 4.98 Å². The molecule has 1 heterocycles. The molecule has 0 aliphatic rings. The number of benzene rings is 1. The molecule has 0 saturated carbocycles. The highest BCUT2D eigenvalue weighted by atomic mass is 35.5. The van der Waals surface area contributed by atoms with E-state index in [0.29, 0.717) is 20.3 Å². The minimum atomic E-state index is 0.459. The second-order valence-corrected chi connectivity index (χ2v) is 4.81. The van der Waals surface area contributed by atoms with Gasteiger partial charge in [-0.3, -0.25) is 0 Å². The second-order valence-electron chi connectivity index (χ2n) is 2.72. The molecule has 78 valence electrons. The van der Waals surface area contributed by atoms with Gasteiger partial charge in [0.25, 0.3) is 0 Å². The van der Waals surface area contributed by atoms with E-state index >= 15 is 0 Å². The number of aromatic nitrogens is 1. The molecule has 0 saturated heterocycles. The van der Waals surface area contributed by atoms with E-state index in [4.69, 9.17) is 34.8 Å². The third kappa shape index (κ3) is 2.75. The fourth-order valence-corrected chi connectivity index (χ4v) is 2.21. The van der Waals surface area contributed by atoms with E-state index in [9.17, 15) is 0 Å². The van der Waals surface area contributed by atoms with Crippen LogP contribution >= 0.6 is 46.1 Å². The van der Waals surface area contributed by atoms with Gasteiger partial charge in [-0.1, -0.05) is 34.8 Å². The zero-order valence-electron chi connectivity index (χ0n) is 7.30. The van der Waals surface area contributed by atoms with Crippen LogP contribution in [0.25, 0.3) is 0 Å². The first-order valence-electron chi connectivity index (χ1n) is 3.98. The van der Waals surface area contributed by atoms with Gasteiger partial charge in [0, 0.05) is 10.4 Å². The zero-order chi connectivity index (χ0) is 10.8. The lowest BCUT2D eigenvalue weighted by Gasteiger charge is -2.04. The first kappa shape index (κ1) is 11.0. The molecule has 0 atom stereocenters. The largest absolute Gasteiger partial charge is 0.330 e. The van der Waals surface area contributed by atoms with Gasteiger partial charge in [-0.05, 0) is 18.2 Å². The maximum Gasteiger partial charge on any atom is 0.188 e. The first-order valence-corrected chi connectivity index (χ1v) is 5.99.